The van der Waals surface area contributed by atoms with E-state index in [-0.39, 0.29) is 24.2 Å². The number of amides is 2. The Hall–Kier alpha value is -1.69. The van der Waals surface area contributed by atoms with E-state index in [1.54, 1.807) is 24.3 Å². The van der Waals surface area contributed by atoms with Gasteiger partial charge in [0.1, 0.15) is 0 Å². The Morgan fingerprint density at radius 1 is 0.920 bits per heavy atom. The number of rotatable bonds is 7. The summed E-state index contributed by atoms with van der Waals surface area (Å²) in [6.07, 6.45) is 2.82. The van der Waals surface area contributed by atoms with Crippen LogP contribution in [0.5, 0.6) is 0 Å². The molecule has 1 aromatic carbocycles. The number of nitrogens with zero attached hydrogens (tertiary/aromatic N) is 2. The minimum absolute atomic E-state index is 0. The van der Waals surface area contributed by atoms with E-state index in [2.05, 4.69) is 31.1 Å². The van der Waals surface area contributed by atoms with Crippen molar-refractivity contribution < 1.29 is 9.59 Å². The minimum atomic E-state index is -0.153. The molecule has 2 aromatic rings. The Kier molecular flexibility index (Phi) is 6.76. The predicted octanol–water partition coefficient (Wildman–Crippen LogP) is 3.85. The maximum absolute atomic E-state index is 12.3. The predicted molar refractivity (Wildman–Crippen MR) is 104 cm³/mol. The molecule has 0 fully saturated rings. The third-order valence-corrected chi connectivity index (χ3v) is 5.25. The molecule has 0 bridgehead atoms. The van der Waals surface area contributed by atoms with Crippen LogP contribution in [0.2, 0.25) is 0 Å². The first kappa shape index (κ1) is 19.6. The second kappa shape index (κ2) is 8.61. The molecular weight excluding hydrogens is 356 g/mol. The number of carbonyl (C=O) groups is 2. The second-order valence-electron chi connectivity index (χ2n) is 6.37. The molecular formula is C19H23ClN2O2S. The SMILES string of the molecule is CN(C)Cc1ccc(CCCCN2C(=O)c3ccccc3C2=O)s1.Cl. The van der Waals surface area contributed by atoms with Crippen LogP contribution in [0, 0.1) is 0 Å². The number of imide groups is 1. The fourth-order valence-electron chi connectivity index (χ4n) is 2.96. The average Bonchev–Trinajstić information content (AvgIpc) is 3.09. The van der Waals surface area contributed by atoms with Gasteiger partial charge in [0, 0.05) is 22.8 Å². The van der Waals surface area contributed by atoms with E-state index in [0.717, 1.165) is 25.8 Å². The van der Waals surface area contributed by atoms with Crippen molar-refractivity contribution >= 4 is 35.6 Å². The van der Waals surface area contributed by atoms with Crippen LogP contribution in [0.3, 0.4) is 0 Å². The van der Waals surface area contributed by atoms with Gasteiger partial charge in [-0.25, -0.2) is 0 Å². The van der Waals surface area contributed by atoms with Crippen LogP contribution in [-0.4, -0.2) is 42.3 Å². The Morgan fingerprint density at radius 3 is 2.12 bits per heavy atom. The van der Waals surface area contributed by atoms with Crippen LogP contribution in [0.15, 0.2) is 36.4 Å². The molecule has 0 spiro atoms. The normalized spacial score (nSPS) is 13.3. The smallest absolute Gasteiger partial charge is 0.261 e. The number of hydrogen-bond acceptors (Lipinski definition) is 4. The lowest BCUT2D eigenvalue weighted by Gasteiger charge is -2.13. The molecule has 0 aliphatic carbocycles. The van der Waals surface area contributed by atoms with Crippen molar-refractivity contribution in [1.29, 1.82) is 0 Å². The molecule has 3 rings (SSSR count). The molecule has 1 aromatic heterocycles. The summed E-state index contributed by atoms with van der Waals surface area (Å²) in [4.78, 5) is 30.9. The van der Waals surface area contributed by atoms with Gasteiger partial charge in [0.25, 0.3) is 11.8 Å². The molecule has 0 atom stereocenters. The van der Waals surface area contributed by atoms with Gasteiger partial charge in [0.2, 0.25) is 0 Å². The highest BCUT2D eigenvalue weighted by Crippen LogP contribution is 2.23. The maximum Gasteiger partial charge on any atom is 0.261 e. The van der Waals surface area contributed by atoms with Gasteiger partial charge in [-0.15, -0.1) is 23.7 Å². The van der Waals surface area contributed by atoms with Crippen molar-refractivity contribution in [3.8, 4) is 0 Å². The number of aryl methyl sites for hydroxylation is 1. The van der Waals surface area contributed by atoms with Gasteiger partial charge in [-0.2, -0.15) is 0 Å². The average molecular weight is 379 g/mol. The van der Waals surface area contributed by atoms with Crippen molar-refractivity contribution in [2.75, 3.05) is 20.6 Å². The standard InChI is InChI=1S/C19H22N2O2S.ClH/c1-20(2)13-15-11-10-14(24-15)7-5-6-12-21-18(22)16-8-3-4-9-17(16)19(21)23;/h3-4,8-11H,5-7,12-13H2,1-2H3;1H. The second-order valence-corrected chi connectivity index (χ2v) is 7.62. The van der Waals surface area contributed by atoms with Gasteiger partial charge in [0.05, 0.1) is 11.1 Å². The number of fused-ring (bicyclic) bond motifs is 1. The van der Waals surface area contributed by atoms with E-state index in [1.165, 1.54) is 14.7 Å². The van der Waals surface area contributed by atoms with E-state index < -0.39 is 0 Å². The minimum Gasteiger partial charge on any atom is -0.304 e. The number of thiophene rings is 1. The number of unbranched alkanes of at least 4 members (excludes halogenated alkanes) is 1. The van der Waals surface area contributed by atoms with Crippen molar-refractivity contribution in [1.82, 2.24) is 9.80 Å². The number of carbonyl (C=O) groups excluding carboxylic acids is 2. The van der Waals surface area contributed by atoms with E-state index in [1.807, 2.05) is 11.3 Å². The fraction of sp³-hybridized carbons (Fsp3) is 0.368. The molecule has 134 valence electrons. The highest BCUT2D eigenvalue weighted by molar-refractivity contribution is 7.11. The van der Waals surface area contributed by atoms with E-state index >= 15 is 0 Å². The molecule has 0 saturated carbocycles. The summed E-state index contributed by atoms with van der Waals surface area (Å²) in [6, 6.07) is 11.4. The molecule has 2 heterocycles. The Labute approximate surface area is 158 Å². The van der Waals surface area contributed by atoms with Crippen molar-refractivity contribution in [2.24, 2.45) is 0 Å². The van der Waals surface area contributed by atoms with Crippen LogP contribution >= 0.6 is 23.7 Å². The molecule has 1 aliphatic rings. The first-order valence-electron chi connectivity index (χ1n) is 8.24. The largest absolute Gasteiger partial charge is 0.304 e. The summed E-state index contributed by atoms with van der Waals surface area (Å²) >= 11 is 1.85. The van der Waals surface area contributed by atoms with Gasteiger partial charge in [-0.1, -0.05) is 12.1 Å². The van der Waals surface area contributed by atoms with E-state index in [0.29, 0.717) is 17.7 Å². The fourth-order valence-corrected chi connectivity index (χ4v) is 4.14. The van der Waals surface area contributed by atoms with Gasteiger partial charge >= 0.3 is 0 Å². The lowest BCUT2D eigenvalue weighted by Crippen LogP contribution is -2.30. The zero-order valence-electron chi connectivity index (χ0n) is 14.5. The molecule has 0 saturated heterocycles. The monoisotopic (exact) mass is 378 g/mol. The number of benzene rings is 1. The van der Waals surface area contributed by atoms with Gasteiger partial charge in [-0.05, 0) is 57.6 Å². The van der Waals surface area contributed by atoms with Gasteiger partial charge < -0.3 is 4.90 Å². The van der Waals surface area contributed by atoms with Crippen molar-refractivity contribution in [3.63, 3.8) is 0 Å². The highest BCUT2D eigenvalue weighted by atomic mass is 35.5. The van der Waals surface area contributed by atoms with Crippen molar-refractivity contribution in [3.05, 3.63) is 57.3 Å². The third-order valence-electron chi connectivity index (χ3n) is 4.12. The lowest BCUT2D eigenvalue weighted by atomic mass is 10.1. The van der Waals surface area contributed by atoms with Crippen molar-refractivity contribution in [2.45, 2.75) is 25.8 Å². The third kappa shape index (κ3) is 4.48. The highest BCUT2D eigenvalue weighted by Gasteiger charge is 2.34. The Balaban J connectivity index is 0.00000225. The maximum atomic E-state index is 12.3. The molecule has 1 aliphatic heterocycles. The van der Waals surface area contributed by atoms with E-state index in [9.17, 15) is 9.59 Å². The van der Waals surface area contributed by atoms with Crippen LogP contribution in [0.4, 0.5) is 0 Å². The topological polar surface area (TPSA) is 40.6 Å². The summed E-state index contributed by atoms with van der Waals surface area (Å²) in [5.41, 5.74) is 1.07. The van der Waals surface area contributed by atoms with Crippen LogP contribution in [0.1, 0.15) is 43.3 Å². The zero-order valence-corrected chi connectivity index (χ0v) is 16.2. The summed E-state index contributed by atoms with van der Waals surface area (Å²) in [6.45, 7) is 1.47. The molecule has 4 nitrogen and oxygen atoms in total. The van der Waals surface area contributed by atoms with Gasteiger partial charge in [-0.3, -0.25) is 14.5 Å². The number of hydrogen-bond donors (Lipinski definition) is 0. The summed E-state index contributed by atoms with van der Waals surface area (Å²) in [5.74, 6) is -0.306. The molecule has 0 unspecified atom stereocenters. The molecule has 0 radical (unpaired) electrons. The number of halogens is 1. The molecule has 0 N–H and O–H groups in total. The zero-order chi connectivity index (χ0) is 17.1. The molecule has 25 heavy (non-hydrogen) atoms. The molecule has 2 amide bonds. The summed E-state index contributed by atoms with van der Waals surface area (Å²) < 4.78 is 0. The van der Waals surface area contributed by atoms with Crippen LogP contribution in [0.25, 0.3) is 0 Å². The lowest BCUT2D eigenvalue weighted by molar-refractivity contribution is 0.0652. The summed E-state index contributed by atoms with van der Waals surface area (Å²) in [7, 11) is 4.14. The van der Waals surface area contributed by atoms with Gasteiger partial charge in [0.15, 0.2) is 0 Å². The van der Waals surface area contributed by atoms with Crippen LogP contribution < -0.4 is 0 Å². The molecule has 6 heteroatoms. The quantitative estimate of drug-likeness (QED) is 0.542. The Morgan fingerprint density at radius 2 is 1.52 bits per heavy atom. The first-order chi connectivity index (χ1) is 11.6. The summed E-state index contributed by atoms with van der Waals surface area (Å²) in [5, 5.41) is 0. The Bertz CT molecular complexity index is 722. The van der Waals surface area contributed by atoms with Crippen LogP contribution in [-0.2, 0) is 13.0 Å². The van der Waals surface area contributed by atoms with E-state index in [4.69, 9.17) is 0 Å². The first-order valence-corrected chi connectivity index (χ1v) is 9.05.